The van der Waals surface area contributed by atoms with Crippen molar-refractivity contribution in [3.63, 3.8) is 0 Å². The van der Waals surface area contributed by atoms with E-state index in [-0.39, 0.29) is 12.0 Å². The maximum Gasteiger partial charge on any atom is 0.221 e. The van der Waals surface area contributed by atoms with Gasteiger partial charge in [0.25, 0.3) is 0 Å². The molecule has 0 aliphatic carbocycles. The molecule has 0 aromatic rings. The first-order valence-electron chi connectivity index (χ1n) is 26.0. The van der Waals surface area contributed by atoms with Gasteiger partial charge in [0, 0.05) is 32.6 Å². The fourth-order valence-corrected chi connectivity index (χ4v) is 8.29. The van der Waals surface area contributed by atoms with Crippen LogP contribution in [0, 0.1) is 0 Å². The molecule has 0 aliphatic rings. The van der Waals surface area contributed by atoms with Gasteiger partial charge in [0.2, 0.25) is 5.91 Å². The number of rotatable bonds is 49. The summed E-state index contributed by atoms with van der Waals surface area (Å²) in [5.41, 5.74) is 0. The first-order valence-corrected chi connectivity index (χ1v) is 26.0. The fraction of sp³-hybridized carbons (Fsp3) is 0.980. The molecule has 336 valence electrons. The van der Waals surface area contributed by atoms with Gasteiger partial charge in [-0.2, -0.15) is 0 Å². The van der Waals surface area contributed by atoms with Crippen molar-refractivity contribution in [3.05, 3.63) is 0 Å². The van der Waals surface area contributed by atoms with Crippen LogP contribution in [-0.2, 0) is 4.79 Å². The smallest absolute Gasteiger partial charge is 0.221 e. The summed E-state index contributed by atoms with van der Waals surface area (Å²) in [6.45, 7) is 11.8. The van der Waals surface area contributed by atoms with E-state index in [1.165, 1.54) is 244 Å². The van der Waals surface area contributed by atoms with Gasteiger partial charge in [0.15, 0.2) is 0 Å². The Labute approximate surface area is 353 Å². The Hall–Kier alpha value is -0.650. The molecule has 1 atom stereocenters. The molecular formula is C51H105N3O2. The molecule has 0 fully saturated rings. The second kappa shape index (κ2) is 48.7. The van der Waals surface area contributed by atoms with Gasteiger partial charge in [-0.05, 0) is 32.4 Å². The Bertz CT molecular complexity index is 734. The van der Waals surface area contributed by atoms with Crippen LogP contribution in [-0.4, -0.2) is 61.3 Å². The highest BCUT2D eigenvalue weighted by Gasteiger charge is 2.12. The molecule has 3 N–H and O–H groups in total. The molecule has 56 heavy (non-hydrogen) atoms. The van der Waals surface area contributed by atoms with Crippen LogP contribution in [0.15, 0.2) is 0 Å². The summed E-state index contributed by atoms with van der Waals surface area (Å²) in [7, 11) is 0. The number of aliphatic hydroxyl groups excluding tert-OH is 1. The third-order valence-electron chi connectivity index (χ3n) is 12.1. The van der Waals surface area contributed by atoms with E-state index in [0.717, 1.165) is 32.6 Å². The number of hydrogen-bond donors (Lipinski definition) is 3. The van der Waals surface area contributed by atoms with Crippen LogP contribution in [0.4, 0.5) is 0 Å². The predicted octanol–water partition coefficient (Wildman–Crippen LogP) is 15.0. The van der Waals surface area contributed by atoms with Crippen molar-refractivity contribution >= 4 is 5.91 Å². The number of carbonyl (C=O) groups is 1. The zero-order chi connectivity index (χ0) is 40.7. The van der Waals surface area contributed by atoms with Crippen molar-refractivity contribution < 1.29 is 9.90 Å². The third-order valence-corrected chi connectivity index (χ3v) is 12.1. The molecule has 0 aromatic heterocycles. The standard InChI is InChI=1S/C51H105N3O2/c1-4-7-10-13-16-19-22-24-25-26-27-28-30-33-36-39-42-47-54(46-41-38-35-32-29-23-20-17-14-11-8-5-2)49-50(55)48-52-45-43-51(56)53-44-40-37-34-31-21-18-15-12-9-6-3/h50,52,55H,4-49H2,1-3H3,(H,53,56). The number of nitrogens with one attached hydrogen (secondary N) is 2. The number of hydrogen-bond acceptors (Lipinski definition) is 4. The molecule has 0 bridgehead atoms. The summed E-state index contributed by atoms with van der Waals surface area (Å²) in [5, 5.41) is 17.4. The minimum absolute atomic E-state index is 0.135. The molecule has 1 amide bonds. The van der Waals surface area contributed by atoms with Gasteiger partial charge in [-0.25, -0.2) is 0 Å². The van der Waals surface area contributed by atoms with E-state index >= 15 is 0 Å². The molecule has 0 spiro atoms. The molecule has 0 heterocycles. The summed E-state index contributed by atoms with van der Waals surface area (Å²) >= 11 is 0. The lowest BCUT2D eigenvalue weighted by molar-refractivity contribution is -0.121. The number of nitrogens with zero attached hydrogens (tertiary/aromatic N) is 1. The molecule has 0 saturated heterocycles. The lowest BCUT2D eigenvalue weighted by atomic mass is 10.0. The van der Waals surface area contributed by atoms with Gasteiger partial charge in [0.1, 0.15) is 0 Å². The zero-order valence-electron chi connectivity index (χ0n) is 38.9. The Morgan fingerprint density at radius 3 is 1.02 bits per heavy atom. The summed E-state index contributed by atoms with van der Waals surface area (Å²) in [5.74, 6) is 0.135. The van der Waals surface area contributed by atoms with E-state index in [0.29, 0.717) is 19.5 Å². The highest BCUT2D eigenvalue weighted by molar-refractivity contribution is 5.75. The summed E-state index contributed by atoms with van der Waals surface area (Å²) in [6.07, 6.45) is 53.8. The van der Waals surface area contributed by atoms with E-state index in [4.69, 9.17) is 0 Å². The quantitative estimate of drug-likeness (QED) is 0.0537. The average Bonchev–Trinajstić information content (AvgIpc) is 3.20. The van der Waals surface area contributed by atoms with E-state index < -0.39 is 0 Å². The van der Waals surface area contributed by atoms with Gasteiger partial charge in [-0.1, -0.05) is 252 Å². The van der Waals surface area contributed by atoms with Gasteiger partial charge in [0.05, 0.1) is 6.10 Å². The maximum atomic E-state index is 12.3. The lowest BCUT2D eigenvalue weighted by Gasteiger charge is -2.25. The first-order chi connectivity index (χ1) is 27.6. The van der Waals surface area contributed by atoms with E-state index in [2.05, 4.69) is 36.3 Å². The highest BCUT2D eigenvalue weighted by atomic mass is 16.3. The van der Waals surface area contributed by atoms with Crippen LogP contribution in [0.2, 0.25) is 0 Å². The molecule has 0 saturated carbocycles. The van der Waals surface area contributed by atoms with Gasteiger partial charge < -0.3 is 20.6 Å². The molecule has 5 heteroatoms. The van der Waals surface area contributed by atoms with E-state index in [1.54, 1.807) is 0 Å². The molecule has 0 rings (SSSR count). The monoisotopic (exact) mass is 792 g/mol. The molecule has 0 aliphatic heterocycles. The second-order valence-corrected chi connectivity index (χ2v) is 18.0. The summed E-state index contributed by atoms with van der Waals surface area (Å²) in [6, 6.07) is 0. The Balaban J connectivity index is 4.12. The largest absolute Gasteiger partial charge is 0.390 e. The van der Waals surface area contributed by atoms with E-state index in [9.17, 15) is 9.90 Å². The Kier molecular flexibility index (Phi) is 48.2. The predicted molar refractivity (Wildman–Crippen MR) is 250 cm³/mol. The van der Waals surface area contributed by atoms with Crippen LogP contribution in [0.1, 0.15) is 278 Å². The zero-order valence-corrected chi connectivity index (χ0v) is 38.9. The van der Waals surface area contributed by atoms with Crippen molar-refractivity contribution in [2.75, 3.05) is 39.3 Å². The topological polar surface area (TPSA) is 64.6 Å². The van der Waals surface area contributed by atoms with Crippen molar-refractivity contribution in [3.8, 4) is 0 Å². The summed E-state index contributed by atoms with van der Waals surface area (Å²) in [4.78, 5) is 14.9. The molecule has 5 nitrogen and oxygen atoms in total. The van der Waals surface area contributed by atoms with Crippen LogP contribution in [0.5, 0.6) is 0 Å². The minimum atomic E-state index is -0.382. The minimum Gasteiger partial charge on any atom is -0.390 e. The number of unbranched alkanes of at least 4 members (excludes halogenated alkanes) is 36. The van der Waals surface area contributed by atoms with Crippen molar-refractivity contribution in [2.45, 2.75) is 284 Å². The Morgan fingerprint density at radius 1 is 0.411 bits per heavy atom. The first kappa shape index (κ1) is 55.4. The number of carbonyl (C=O) groups excluding carboxylic acids is 1. The van der Waals surface area contributed by atoms with Crippen molar-refractivity contribution in [1.82, 2.24) is 15.5 Å². The second-order valence-electron chi connectivity index (χ2n) is 18.0. The normalized spacial score (nSPS) is 12.2. The maximum absolute atomic E-state index is 12.3. The van der Waals surface area contributed by atoms with Crippen LogP contribution >= 0.6 is 0 Å². The van der Waals surface area contributed by atoms with Crippen molar-refractivity contribution in [2.24, 2.45) is 0 Å². The molecule has 0 radical (unpaired) electrons. The van der Waals surface area contributed by atoms with Crippen molar-refractivity contribution in [1.29, 1.82) is 0 Å². The SMILES string of the molecule is CCCCCCCCCCCCCCCCCCCN(CCCCCCCCCCCCCC)CC(O)CNCCC(=O)NCCCCCCCCCCCC. The molecule has 0 aromatic carbocycles. The highest BCUT2D eigenvalue weighted by Crippen LogP contribution is 2.16. The van der Waals surface area contributed by atoms with Gasteiger partial charge in [-0.15, -0.1) is 0 Å². The number of amides is 1. The van der Waals surface area contributed by atoms with E-state index in [1.807, 2.05) is 0 Å². The molecule has 1 unspecified atom stereocenters. The van der Waals surface area contributed by atoms with Crippen LogP contribution in [0.25, 0.3) is 0 Å². The van der Waals surface area contributed by atoms with Gasteiger partial charge in [-0.3, -0.25) is 4.79 Å². The Morgan fingerprint density at radius 2 is 0.696 bits per heavy atom. The third kappa shape index (κ3) is 46.0. The fourth-order valence-electron chi connectivity index (χ4n) is 8.29. The summed E-state index contributed by atoms with van der Waals surface area (Å²) < 4.78 is 0. The lowest BCUT2D eigenvalue weighted by Crippen LogP contribution is -2.40. The number of aliphatic hydroxyl groups is 1. The average molecular weight is 792 g/mol. The van der Waals surface area contributed by atoms with Gasteiger partial charge >= 0.3 is 0 Å². The molecular weight excluding hydrogens is 687 g/mol. The van der Waals surface area contributed by atoms with Crippen LogP contribution < -0.4 is 10.6 Å². The van der Waals surface area contributed by atoms with Crippen LogP contribution in [0.3, 0.4) is 0 Å².